The standard InChI is InChI=1S/C14H15NO3/c1-3-6-18-14(17)12(9-15)8-11-4-5-13(16)7-10(11)2/h4-5,7-8,16H,3,6H2,1-2H3. The minimum absolute atomic E-state index is 0.0442. The summed E-state index contributed by atoms with van der Waals surface area (Å²) in [4.78, 5) is 11.6. The van der Waals surface area contributed by atoms with Gasteiger partial charge in [0.25, 0.3) is 0 Å². The van der Waals surface area contributed by atoms with Gasteiger partial charge in [-0.2, -0.15) is 5.26 Å². The first-order chi connectivity index (χ1) is 8.58. The van der Waals surface area contributed by atoms with Crippen LogP contribution in [0.5, 0.6) is 5.75 Å². The summed E-state index contributed by atoms with van der Waals surface area (Å²) in [7, 11) is 0. The van der Waals surface area contributed by atoms with Crippen LogP contribution in [0.1, 0.15) is 24.5 Å². The van der Waals surface area contributed by atoms with E-state index in [0.717, 1.165) is 5.56 Å². The Kier molecular flexibility index (Phi) is 4.94. The van der Waals surface area contributed by atoms with E-state index in [1.165, 1.54) is 12.1 Å². The average molecular weight is 245 g/mol. The Morgan fingerprint density at radius 2 is 2.28 bits per heavy atom. The van der Waals surface area contributed by atoms with Gasteiger partial charge in [-0.3, -0.25) is 0 Å². The number of hydrogen-bond acceptors (Lipinski definition) is 4. The lowest BCUT2D eigenvalue weighted by Crippen LogP contribution is -2.07. The van der Waals surface area contributed by atoms with Crippen molar-refractivity contribution in [3.05, 3.63) is 34.9 Å². The molecule has 0 aliphatic heterocycles. The fraction of sp³-hybridized carbons (Fsp3) is 0.286. The zero-order valence-electron chi connectivity index (χ0n) is 10.4. The van der Waals surface area contributed by atoms with Crippen molar-refractivity contribution in [2.45, 2.75) is 20.3 Å². The fourth-order valence-corrected chi connectivity index (χ4v) is 1.39. The van der Waals surface area contributed by atoms with Crippen LogP contribution in [0.15, 0.2) is 23.8 Å². The normalized spacial score (nSPS) is 10.8. The Hall–Kier alpha value is -2.28. The molecule has 0 aliphatic rings. The summed E-state index contributed by atoms with van der Waals surface area (Å²) in [5.74, 6) is -0.469. The van der Waals surface area contributed by atoms with Crippen LogP contribution in [0.3, 0.4) is 0 Å². The Bertz CT molecular complexity index is 512. The summed E-state index contributed by atoms with van der Waals surface area (Å²) in [6.45, 7) is 3.97. The largest absolute Gasteiger partial charge is 0.508 e. The second-order valence-electron chi connectivity index (χ2n) is 3.85. The molecule has 18 heavy (non-hydrogen) atoms. The quantitative estimate of drug-likeness (QED) is 0.502. The van der Waals surface area contributed by atoms with Crippen LogP contribution < -0.4 is 0 Å². The molecule has 0 radical (unpaired) electrons. The van der Waals surface area contributed by atoms with Crippen molar-refractivity contribution in [1.29, 1.82) is 5.26 Å². The molecule has 0 spiro atoms. The minimum atomic E-state index is -0.619. The van der Waals surface area contributed by atoms with E-state index in [-0.39, 0.29) is 11.3 Å². The smallest absolute Gasteiger partial charge is 0.348 e. The van der Waals surface area contributed by atoms with Crippen molar-refractivity contribution < 1.29 is 14.6 Å². The predicted molar refractivity (Wildman–Crippen MR) is 67.7 cm³/mol. The van der Waals surface area contributed by atoms with Crippen molar-refractivity contribution in [2.24, 2.45) is 0 Å². The number of rotatable bonds is 4. The number of aryl methyl sites for hydroxylation is 1. The summed E-state index contributed by atoms with van der Waals surface area (Å²) in [6, 6.07) is 6.55. The summed E-state index contributed by atoms with van der Waals surface area (Å²) in [5.41, 5.74) is 1.45. The van der Waals surface area contributed by atoms with Crippen molar-refractivity contribution in [2.75, 3.05) is 6.61 Å². The van der Waals surface area contributed by atoms with Gasteiger partial charge >= 0.3 is 5.97 Å². The molecule has 0 bridgehead atoms. The predicted octanol–water partition coefficient (Wildman–Crippen LogP) is 2.56. The number of phenolic OH excluding ortho intramolecular Hbond substituents is 1. The lowest BCUT2D eigenvalue weighted by atomic mass is 10.1. The van der Waals surface area contributed by atoms with Crippen LogP contribution in [-0.4, -0.2) is 17.7 Å². The van der Waals surface area contributed by atoms with E-state index >= 15 is 0 Å². The zero-order valence-corrected chi connectivity index (χ0v) is 10.4. The number of aromatic hydroxyl groups is 1. The number of benzene rings is 1. The Labute approximate surface area is 106 Å². The number of phenols is 1. The lowest BCUT2D eigenvalue weighted by molar-refractivity contribution is -0.138. The van der Waals surface area contributed by atoms with Gasteiger partial charge in [0, 0.05) is 0 Å². The maximum atomic E-state index is 11.6. The van der Waals surface area contributed by atoms with Crippen LogP contribution in [0.25, 0.3) is 6.08 Å². The summed E-state index contributed by atoms with van der Waals surface area (Å²) in [6.07, 6.45) is 2.18. The first-order valence-electron chi connectivity index (χ1n) is 5.67. The van der Waals surface area contributed by atoms with Crippen LogP contribution in [0.4, 0.5) is 0 Å². The van der Waals surface area contributed by atoms with E-state index in [1.54, 1.807) is 19.1 Å². The number of ether oxygens (including phenoxy) is 1. The Morgan fingerprint density at radius 1 is 1.56 bits per heavy atom. The van der Waals surface area contributed by atoms with E-state index < -0.39 is 5.97 Å². The van der Waals surface area contributed by atoms with Crippen molar-refractivity contribution in [3.63, 3.8) is 0 Å². The third kappa shape index (κ3) is 3.63. The topological polar surface area (TPSA) is 70.3 Å². The highest BCUT2D eigenvalue weighted by Crippen LogP contribution is 2.18. The molecule has 0 aliphatic carbocycles. The van der Waals surface area contributed by atoms with Crippen LogP contribution in [0, 0.1) is 18.3 Å². The summed E-state index contributed by atoms with van der Waals surface area (Å²) >= 11 is 0. The molecule has 0 saturated carbocycles. The van der Waals surface area contributed by atoms with Gasteiger partial charge in [-0.1, -0.05) is 13.0 Å². The number of carbonyl (C=O) groups excluding carboxylic acids is 1. The van der Waals surface area contributed by atoms with Gasteiger partial charge in [-0.05, 0) is 42.7 Å². The van der Waals surface area contributed by atoms with Crippen molar-refractivity contribution in [1.82, 2.24) is 0 Å². The van der Waals surface area contributed by atoms with E-state index in [4.69, 9.17) is 10.00 Å². The van der Waals surface area contributed by atoms with Crippen LogP contribution >= 0.6 is 0 Å². The monoisotopic (exact) mass is 245 g/mol. The van der Waals surface area contributed by atoms with Gasteiger partial charge in [0.2, 0.25) is 0 Å². The second-order valence-corrected chi connectivity index (χ2v) is 3.85. The number of esters is 1. The molecule has 0 unspecified atom stereocenters. The maximum Gasteiger partial charge on any atom is 0.348 e. The molecule has 0 fully saturated rings. The average Bonchev–Trinajstić information content (AvgIpc) is 2.35. The zero-order chi connectivity index (χ0) is 13.5. The van der Waals surface area contributed by atoms with Gasteiger partial charge in [0.1, 0.15) is 17.4 Å². The summed E-state index contributed by atoms with van der Waals surface area (Å²) < 4.78 is 4.90. The van der Waals surface area contributed by atoms with E-state index in [9.17, 15) is 9.90 Å². The number of nitriles is 1. The molecule has 94 valence electrons. The molecule has 0 saturated heterocycles. The molecule has 0 amide bonds. The van der Waals surface area contributed by atoms with Crippen molar-refractivity contribution >= 4 is 12.0 Å². The molecule has 1 aromatic carbocycles. The minimum Gasteiger partial charge on any atom is -0.508 e. The van der Waals surface area contributed by atoms with E-state index in [0.29, 0.717) is 18.6 Å². The highest BCUT2D eigenvalue weighted by molar-refractivity contribution is 5.98. The SMILES string of the molecule is CCCOC(=O)C(C#N)=Cc1ccc(O)cc1C. The molecule has 0 aromatic heterocycles. The number of nitrogens with zero attached hydrogens (tertiary/aromatic N) is 1. The molecule has 4 nitrogen and oxygen atoms in total. The fourth-order valence-electron chi connectivity index (χ4n) is 1.39. The molecule has 4 heteroatoms. The Morgan fingerprint density at radius 3 is 2.83 bits per heavy atom. The summed E-state index contributed by atoms with van der Waals surface area (Å²) in [5, 5.41) is 18.2. The van der Waals surface area contributed by atoms with Crippen molar-refractivity contribution in [3.8, 4) is 11.8 Å². The van der Waals surface area contributed by atoms with Gasteiger partial charge < -0.3 is 9.84 Å². The second kappa shape index (κ2) is 6.45. The van der Waals surface area contributed by atoms with Crippen LogP contribution in [0.2, 0.25) is 0 Å². The third-order valence-electron chi connectivity index (χ3n) is 2.33. The third-order valence-corrected chi connectivity index (χ3v) is 2.33. The maximum absolute atomic E-state index is 11.6. The number of carbonyl (C=O) groups is 1. The van der Waals surface area contributed by atoms with Gasteiger partial charge in [0.15, 0.2) is 0 Å². The van der Waals surface area contributed by atoms with E-state index in [2.05, 4.69) is 0 Å². The molecule has 1 rings (SSSR count). The van der Waals surface area contributed by atoms with Gasteiger partial charge in [-0.15, -0.1) is 0 Å². The molecule has 0 heterocycles. The highest BCUT2D eigenvalue weighted by Gasteiger charge is 2.10. The molecular weight excluding hydrogens is 230 g/mol. The lowest BCUT2D eigenvalue weighted by Gasteiger charge is -2.03. The molecular formula is C14H15NO3. The number of hydrogen-bond donors (Lipinski definition) is 1. The van der Waals surface area contributed by atoms with Gasteiger partial charge in [0.05, 0.1) is 6.61 Å². The first kappa shape index (κ1) is 13.8. The highest BCUT2D eigenvalue weighted by atomic mass is 16.5. The Balaban J connectivity index is 2.97. The van der Waals surface area contributed by atoms with Crippen LogP contribution in [-0.2, 0) is 9.53 Å². The molecule has 0 atom stereocenters. The molecule has 1 N–H and O–H groups in total. The molecule has 1 aromatic rings. The van der Waals surface area contributed by atoms with Gasteiger partial charge in [-0.25, -0.2) is 4.79 Å². The first-order valence-corrected chi connectivity index (χ1v) is 5.67. The van der Waals surface area contributed by atoms with E-state index in [1.807, 2.05) is 13.0 Å².